The van der Waals surface area contributed by atoms with E-state index in [1.165, 1.54) is 17.3 Å². The number of hydrogen-bond donors (Lipinski definition) is 1. The fourth-order valence-corrected chi connectivity index (χ4v) is 3.84. The molecule has 0 unspecified atom stereocenters. The number of ketones is 1. The number of carbonyl (C=O) groups is 2. The number of benzene rings is 2. The van der Waals surface area contributed by atoms with Crippen LogP contribution >= 0.6 is 11.8 Å². The third-order valence-corrected chi connectivity index (χ3v) is 5.76. The van der Waals surface area contributed by atoms with Gasteiger partial charge in [0.05, 0.1) is 5.75 Å². The molecule has 0 fully saturated rings. The Morgan fingerprint density at radius 2 is 1.68 bits per heavy atom. The molecule has 1 aromatic heterocycles. The van der Waals surface area contributed by atoms with Crippen LogP contribution in [0.5, 0.6) is 0 Å². The first-order chi connectivity index (χ1) is 14.8. The Kier molecular flexibility index (Phi) is 7.28. The monoisotopic (exact) mass is 436 g/mol. The summed E-state index contributed by atoms with van der Waals surface area (Å²) in [4.78, 5) is 24.7. The number of thioether (sulfide) groups is 1. The lowest BCUT2D eigenvalue weighted by atomic mass is 9.95. The van der Waals surface area contributed by atoms with E-state index in [0.717, 1.165) is 17.5 Å². The number of hydrogen-bond acceptors (Lipinski definition) is 5. The van der Waals surface area contributed by atoms with E-state index in [9.17, 15) is 9.59 Å². The van der Waals surface area contributed by atoms with Gasteiger partial charge in [-0.25, -0.2) is 0 Å². The summed E-state index contributed by atoms with van der Waals surface area (Å²) < 4.78 is 2.05. The van der Waals surface area contributed by atoms with Gasteiger partial charge in [0.2, 0.25) is 5.91 Å². The van der Waals surface area contributed by atoms with Gasteiger partial charge < -0.3 is 9.88 Å². The van der Waals surface area contributed by atoms with E-state index in [-0.39, 0.29) is 17.4 Å². The molecular weight excluding hydrogens is 408 g/mol. The molecule has 1 heterocycles. The van der Waals surface area contributed by atoms with E-state index in [4.69, 9.17) is 0 Å². The van der Waals surface area contributed by atoms with Crippen LogP contribution in [-0.4, -0.2) is 32.2 Å². The van der Waals surface area contributed by atoms with Crippen molar-refractivity contribution in [3.05, 3.63) is 71.5 Å². The summed E-state index contributed by atoms with van der Waals surface area (Å²) >= 11 is 1.39. The van der Waals surface area contributed by atoms with E-state index >= 15 is 0 Å². The van der Waals surface area contributed by atoms with E-state index in [1.54, 1.807) is 24.3 Å². The minimum Gasteiger partial charge on any atom is -0.326 e. The number of carbonyl (C=O) groups excluding carboxylic acids is 2. The number of anilines is 1. The lowest BCUT2D eigenvalue weighted by Gasteiger charge is -2.17. The number of aromatic nitrogens is 3. The molecule has 31 heavy (non-hydrogen) atoms. The number of Topliss-reactive ketones (excluding diaryl/α,β-unsaturated/α-hetero) is 1. The van der Waals surface area contributed by atoms with Crippen LogP contribution in [0, 0.1) is 5.41 Å². The Morgan fingerprint density at radius 3 is 2.29 bits per heavy atom. The predicted molar refractivity (Wildman–Crippen MR) is 125 cm³/mol. The third kappa shape index (κ3) is 6.04. The highest BCUT2D eigenvalue weighted by atomic mass is 32.2. The van der Waals surface area contributed by atoms with Crippen LogP contribution in [-0.2, 0) is 17.8 Å². The molecule has 162 valence electrons. The van der Waals surface area contributed by atoms with Crippen molar-refractivity contribution in [2.75, 3.05) is 11.1 Å². The van der Waals surface area contributed by atoms with Crippen LogP contribution in [0.4, 0.5) is 5.69 Å². The largest absolute Gasteiger partial charge is 0.326 e. The average molecular weight is 437 g/mol. The van der Waals surface area contributed by atoms with Gasteiger partial charge in [-0.15, -0.1) is 10.2 Å². The molecule has 1 amide bonds. The molecule has 0 saturated carbocycles. The summed E-state index contributed by atoms with van der Waals surface area (Å²) in [5.74, 6) is 1.11. The predicted octanol–water partition coefficient (Wildman–Crippen LogP) is 4.85. The summed E-state index contributed by atoms with van der Waals surface area (Å²) in [6, 6.07) is 17.1. The van der Waals surface area contributed by atoms with Gasteiger partial charge in [-0.2, -0.15) is 0 Å². The highest BCUT2D eigenvalue weighted by Gasteiger charge is 2.21. The van der Waals surface area contributed by atoms with Crippen molar-refractivity contribution in [1.82, 2.24) is 14.8 Å². The number of amides is 1. The summed E-state index contributed by atoms with van der Waals surface area (Å²) in [5, 5.41) is 12.2. The number of nitrogens with one attached hydrogen (secondary N) is 1. The third-order valence-electron chi connectivity index (χ3n) is 4.79. The van der Waals surface area contributed by atoms with Crippen LogP contribution < -0.4 is 5.32 Å². The summed E-state index contributed by atoms with van der Waals surface area (Å²) in [7, 11) is 0. The normalized spacial score (nSPS) is 11.4. The van der Waals surface area contributed by atoms with Gasteiger partial charge in [-0.3, -0.25) is 9.59 Å². The number of rotatable bonds is 8. The first kappa shape index (κ1) is 22.7. The quantitative estimate of drug-likeness (QED) is 0.404. The van der Waals surface area contributed by atoms with Gasteiger partial charge in [0, 0.05) is 29.6 Å². The fraction of sp³-hybridized carbons (Fsp3) is 0.333. The SMILES string of the molecule is CCn1c(Cc2ccccc2)nnc1SCC(=O)c1ccc(NC(=O)C(C)(C)C)cc1. The molecule has 3 rings (SSSR count). The molecular formula is C24H28N4O2S. The first-order valence-corrected chi connectivity index (χ1v) is 11.3. The van der Waals surface area contributed by atoms with Gasteiger partial charge in [-0.05, 0) is 36.8 Å². The van der Waals surface area contributed by atoms with E-state index in [0.29, 0.717) is 17.7 Å². The van der Waals surface area contributed by atoms with Crippen LogP contribution in [0.15, 0.2) is 59.8 Å². The second kappa shape index (κ2) is 9.92. The Hall–Kier alpha value is -2.93. The first-order valence-electron chi connectivity index (χ1n) is 10.3. The molecule has 0 spiro atoms. The number of nitrogens with zero attached hydrogens (tertiary/aromatic N) is 3. The highest BCUT2D eigenvalue weighted by molar-refractivity contribution is 7.99. The molecule has 0 atom stereocenters. The zero-order valence-corrected chi connectivity index (χ0v) is 19.2. The second-order valence-corrected chi connectivity index (χ2v) is 9.24. The Balaban J connectivity index is 1.61. The maximum absolute atomic E-state index is 12.6. The Bertz CT molecular complexity index is 1040. The maximum Gasteiger partial charge on any atom is 0.229 e. The lowest BCUT2D eigenvalue weighted by Crippen LogP contribution is -2.27. The van der Waals surface area contributed by atoms with Crippen molar-refractivity contribution in [3.63, 3.8) is 0 Å². The molecule has 3 aromatic rings. The molecule has 1 N–H and O–H groups in total. The van der Waals surface area contributed by atoms with Gasteiger partial charge >= 0.3 is 0 Å². The molecule has 7 heteroatoms. The Labute approximate surface area is 187 Å². The molecule has 0 saturated heterocycles. The molecule has 0 bridgehead atoms. The van der Waals surface area contributed by atoms with E-state index in [2.05, 4.69) is 32.2 Å². The van der Waals surface area contributed by atoms with E-state index in [1.807, 2.05) is 45.9 Å². The van der Waals surface area contributed by atoms with Crippen LogP contribution in [0.1, 0.15) is 49.4 Å². The molecule has 0 aliphatic carbocycles. The summed E-state index contributed by atoms with van der Waals surface area (Å²) in [5.41, 5.74) is 1.99. The van der Waals surface area contributed by atoms with Crippen molar-refractivity contribution in [1.29, 1.82) is 0 Å². The molecule has 0 aliphatic heterocycles. The van der Waals surface area contributed by atoms with Gasteiger partial charge in [-0.1, -0.05) is 62.9 Å². The van der Waals surface area contributed by atoms with Crippen LogP contribution in [0.2, 0.25) is 0 Å². The zero-order chi connectivity index (χ0) is 22.4. The van der Waals surface area contributed by atoms with Gasteiger partial charge in [0.25, 0.3) is 0 Å². The second-order valence-electron chi connectivity index (χ2n) is 8.30. The zero-order valence-electron chi connectivity index (χ0n) is 18.4. The van der Waals surface area contributed by atoms with Crippen molar-refractivity contribution < 1.29 is 9.59 Å². The smallest absolute Gasteiger partial charge is 0.229 e. The molecule has 0 aliphatic rings. The topological polar surface area (TPSA) is 76.9 Å². The molecule has 2 aromatic carbocycles. The maximum atomic E-state index is 12.6. The van der Waals surface area contributed by atoms with Crippen molar-refractivity contribution in [3.8, 4) is 0 Å². The summed E-state index contributed by atoms with van der Waals surface area (Å²) in [6.07, 6.45) is 0.706. The molecule has 6 nitrogen and oxygen atoms in total. The van der Waals surface area contributed by atoms with Crippen molar-refractivity contribution in [2.45, 2.75) is 45.8 Å². The lowest BCUT2D eigenvalue weighted by molar-refractivity contribution is -0.123. The van der Waals surface area contributed by atoms with Gasteiger partial charge in [0.15, 0.2) is 10.9 Å². The van der Waals surface area contributed by atoms with Crippen molar-refractivity contribution >= 4 is 29.1 Å². The fourth-order valence-electron chi connectivity index (χ4n) is 2.92. The standard InChI is InChI=1S/C24H28N4O2S/c1-5-28-21(15-17-9-7-6-8-10-17)26-27-23(28)31-16-20(29)18-11-13-19(14-12-18)25-22(30)24(2,3)4/h6-14H,5,15-16H2,1-4H3,(H,25,30). The highest BCUT2D eigenvalue weighted by Crippen LogP contribution is 2.22. The minimum atomic E-state index is -0.472. The summed E-state index contributed by atoms with van der Waals surface area (Å²) in [6.45, 7) is 8.37. The molecule has 0 radical (unpaired) electrons. The van der Waals surface area contributed by atoms with E-state index < -0.39 is 5.41 Å². The van der Waals surface area contributed by atoms with Crippen molar-refractivity contribution in [2.24, 2.45) is 5.41 Å². The average Bonchev–Trinajstić information content (AvgIpc) is 3.14. The van der Waals surface area contributed by atoms with Gasteiger partial charge in [0.1, 0.15) is 5.82 Å². The minimum absolute atomic E-state index is 0.00830. The van der Waals surface area contributed by atoms with Crippen LogP contribution in [0.25, 0.3) is 0 Å². The Morgan fingerprint density at radius 1 is 1.00 bits per heavy atom. The van der Waals surface area contributed by atoms with Crippen LogP contribution in [0.3, 0.4) is 0 Å².